The second-order valence-corrected chi connectivity index (χ2v) is 5.65. The van der Waals surface area contributed by atoms with Crippen LogP contribution in [0.4, 0.5) is 0 Å². The van der Waals surface area contributed by atoms with Crippen LogP contribution in [-0.4, -0.2) is 49.2 Å². The van der Waals surface area contributed by atoms with Gasteiger partial charge in [-0.2, -0.15) is 0 Å². The topological polar surface area (TPSA) is 41.6 Å². The molecule has 2 unspecified atom stereocenters. The van der Waals surface area contributed by atoms with Crippen molar-refractivity contribution >= 4 is 5.97 Å². The number of esters is 1. The molecule has 2 atom stereocenters. The first-order chi connectivity index (χ1) is 9.74. The summed E-state index contributed by atoms with van der Waals surface area (Å²) in [6.45, 7) is 9.77. The van der Waals surface area contributed by atoms with Gasteiger partial charge >= 0.3 is 5.97 Å². The van der Waals surface area contributed by atoms with Crippen molar-refractivity contribution in [1.29, 1.82) is 0 Å². The van der Waals surface area contributed by atoms with Gasteiger partial charge in [-0.15, -0.1) is 0 Å². The lowest BCUT2D eigenvalue weighted by Gasteiger charge is -2.40. The van der Waals surface area contributed by atoms with E-state index in [1.54, 1.807) is 0 Å². The van der Waals surface area contributed by atoms with Crippen LogP contribution in [0.2, 0.25) is 0 Å². The Bertz CT molecular complexity index is 271. The highest BCUT2D eigenvalue weighted by atomic mass is 16.5. The maximum Gasteiger partial charge on any atom is 0.323 e. The Hall–Kier alpha value is -0.610. The molecule has 0 amide bonds. The van der Waals surface area contributed by atoms with E-state index in [9.17, 15) is 4.79 Å². The average Bonchev–Trinajstić information content (AvgIpc) is 2.46. The van der Waals surface area contributed by atoms with Crippen molar-refractivity contribution in [1.82, 2.24) is 10.2 Å². The van der Waals surface area contributed by atoms with Crippen molar-refractivity contribution in [2.24, 2.45) is 0 Å². The number of ether oxygens (including phenoxy) is 1. The van der Waals surface area contributed by atoms with Gasteiger partial charge in [-0.05, 0) is 45.7 Å². The van der Waals surface area contributed by atoms with Gasteiger partial charge in [0.25, 0.3) is 0 Å². The van der Waals surface area contributed by atoms with E-state index in [0.717, 1.165) is 38.9 Å². The number of piperidine rings is 1. The fourth-order valence-corrected chi connectivity index (χ4v) is 3.03. The van der Waals surface area contributed by atoms with Gasteiger partial charge in [-0.1, -0.05) is 26.7 Å². The van der Waals surface area contributed by atoms with Crippen molar-refractivity contribution in [3.05, 3.63) is 0 Å². The minimum Gasteiger partial charge on any atom is -0.465 e. The highest BCUT2D eigenvalue weighted by Crippen LogP contribution is 2.22. The molecule has 20 heavy (non-hydrogen) atoms. The van der Waals surface area contributed by atoms with E-state index in [0.29, 0.717) is 12.6 Å². The number of nitrogens with one attached hydrogen (secondary N) is 1. The molecule has 0 aliphatic carbocycles. The van der Waals surface area contributed by atoms with Crippen molar-refractivity contribution in [2.45, 2.75) is 71.4 Å². The molecular formula is C16H32N2O2. The fourth-order valence-electron chi connectivity index (χ4n) is 3.03. The van der Waals surface area contributed by atoms with Gasteiger partial charge in [0.2, 0.25) is 0 Å². The van der Waals surface area contributed by atoms with Gasteiger partial charge < -0.3 is 10.1 Å². The van der Waals surface area contributed by atoms with E-state index in [1.807, 2.05) is 6.92 Å². The summed E-state index contributed by atoms with van der Waals surface area (Å²) in [5.74, 6) is -0.0308. The summed E-state index contributed by atoms with van der Waals surface area (Å²) in [5.41, 5.74) is 0. The van der Waals surface area contributed by atoms with Gasteiger partial charge in [-0.3, -0.25) is 9.69 Å². The SMILES string of the molecule is CCCNCC1CCCCN1C(CCC)C(=O)OCC. The third-order valence-electron chi connectivity index (χ3n) is 4.00. The van der Waals surface area contributed by atoms with Crippen LogP contribution in [-0.2, 0) is 9.53 Å². The number of nitrogens with zero attached hydrogens (tertiary/aromatic N) is 1. The molecule has 118 valence electrons. The Labute approximate surface area is 124 Å². The second kappa shape index (κ2) is 10.2. The van der Waals surface area contributed by atoms with Gasteiger partial charge in [0, 0.05) is 12.6 Å². The van der Waals surface area contributed by atoms with E-state index in [2.05, 4.69) is 24.1 Å². The van der Waals surface area contributed by atoms with Crippen LogP contribution < -0.4 is 5.32 Å². The zero-order chi connectivity index (χ0) is 14.8. The smallest absolute Gasteiger partial charge is 0.323 e. The predicted octanol–water partition coefficient (Wildman–Crippen LogP) is 2.57. The Balaban J connectivity index is 2.65. The molecule has 0 aromatic heterocycles. The molecule has 0 spiro atoms. The maximum absolute atomic E-state index is 12.2. The number of hydrogen-bond acceptors (Lipinski definition) is 4. The summed E-state index contributed by atoms with van der Waals surface area (Å²) in [7, 11) is 0. The van der Waals surface area contributed by atoms with Crippen LogP contribution in [0, 0.1) is 0 Å². The molecule has 0 aromatic carbocycles. The van der Waals surface area contributed by atoms with Crippen molar-refractivity contribution in [3.8, 4) is 0 Å². The number of rotatable bonds is 9. The van der Waals surface area contributed by atoms with E-state index in [4.69, 9.17) is 4.74 Å². The molecule has 4 heteroatoms. The number of hydrogen-bond donors (Lipinski definition) is 1. The lowest BCUT2D eigenvalue weighted by Crippen LogP contribution is -2.53. The molecule has 0 aromatic rings. The molecule has 1 aliphatic rings. The normalized spacial score (nSPS) is 21.6. The molecular weight excluding hydrogens is 252 g/mol. The first-order valence-corrected chi connectivity index (χ1v) is 8.37. The third kappa shape index (κ3) is 5.41. The van der Waals surface area contributed by atoms with Gasteiger partial charge in [0.05, 0.1) is 6.61 Å². The van der Waals surface area contributed by atoms with Crippen molar-refractivity contribution in [2.75, 3.05) is 26.2 Å². The monoisotopic (exact) mass is 284 g/mol. The summed E-state index contributed by atoms with van der Waals surface area (Å²) in [5, 5.41) is 3.51. The number of carbonyl (C=O) groups is 1. The highest BCUT2D eigenvalue weighted by Gasteiger charge is 2.33. The molecule has 0 bridgehead atoms. The molecule has 1 saturated heterocycles. The molecule has 1 N–H and O–H groups in total. The summed E-state index contributed by atoms with van der Waals surface area (Å²) in [6, 6.07) is 0.435. The molecule has 1 aliphatic heterocycles. The Morgan fingerprint density at radius 2 is 2.10 bits per heavy atom. The van der Waals surface area contributed by atoms with E-state index < -0.39 is 0 Å². The molecule has 1 heterocycles. The lowest BCUT2D eigenvalue weighted by atomic mass is 9.97. The summed E-state index contributed by atoms with van der Waals surface area (Å²) < 4.78 is 5.28. The Morgan fingerprint density at radius 1 is 1.30 bits per heavy atom. The minimum absolute atomic E-state index is 0.0308. The van der Waals surface area contributed by atoms with Gasteiger partial charge in [0.1, 0.15) is 6.04 Å². The maximum atomic E-state index is 12.2. The Morgan fingerprint density at radius 3 is 2.75 bits per heavy atom. The zero-order valence-corrected chi connectivity index (χ0v) is 13.5. The predicted molar refractivity (Wildman–Crippen MR) is 82.8 cm³/mol. The summed E-state index contributed by atoms with van der Waals surface area (Å²) in [4.78, 5) is 14.6. The zero-order valence-electron chi connectivity index (χ0n) is 13.5. The van der Waals surface area contributed by atoms with Crippen LogP contribution in [0.3, 0.4) is 0 Å². The van der Waals surface area contributed by atoms with Gasteiger partial charge in [-0.25, -0.2) is 0 Å². The Kier molecular flexibility index (Phi) is 8.86. The molecule has 4 nitrogen and oxygen atoms in total. The van der Waals surface area contributed by atoms with Crippen LogP contribution in [0.25, 0.3) is 0 Å². The first kappa shape index (κ1) is 17.4. The molecule has 1 rings (SSSR count). The average molecular weight is 284 g/mol. The van der Waals surface area contributed by atoms with E-state index in [1.165, 1.54) is 19.3 Å². The molecule has 0 saturated carbocycles. The minimum atomic E-state index is -0.0475. The van der Waals surface area contributed by atoms with E-state index in [-0.39, 0.29) is 12.0 Å². The van der Waals surface area contributed by atoms with E-state index >= 15 is 0 Å². The largest absolute Gasteiger partial charge is 0.465 e. The lowest BCUT2D eigenvalue weighted by molar-refractivity contribution is -0.151. The first-order valence-electron chi connectivity index (χ1n) is 8.37. The number of likely N-dealkylation sites (tertiary alicyclic amines) is 1. The highest BCUT2D eigenvalue weighted by molar-refractivity contribution is 5.75. The molecule has 0 radical (unpaired) electrons. The van der Waals surface area contributed by atoms with Crippen LogP contribution in [0.5, 0.6) is 0 Å². The quantitative estimate of drug-likeness (QED) is 0.522. The van der Waals surface area contributed by atoms with Crippen LogP contribution in [0.15, 0.2) is 0 Å². The van der Waals surface area contributed by atoms with Crippen molar-refractivity contribution in [3.63, 3.8) is 0 Å². The standard InChI is InChI=1S/C16H32N2O2/c1-4-9-15(16(19)20-6-3)18-12-8-7-10-14(18)13-17-11-5-2/h14-15,17H,4-13H2,1-3H3. The fraction of sp³-hybridized carbons (Fsp3) is 0.938. The second-order valence-electron chi connectivity index (χ2n) is 5.65. The summed E-state index contributed by atoms with van der Waals surface area (Å²) >= 11 is 0. The number of carbonyl (C=O) groups excluding carboxylic acids is 1. The molecule has 1 fully saturated rings. The summed E-state index contributed by atoms with van der Waals surface area (Å²) in [6.07, 6.45) is 6.75. The van der Waals surface area contributed by atoms with Crippen LogP contribution in [0.1, 0.15) is 59.3 Å². The van der Waals surface area contributed by atoms with Gasteiger partial charge in [0.15, 0.2) is 0 Å². The van der Waals surface area contributed by atoms with Crippen molar-refractivity contribution < 1.29 is 9.53 Å². The third-order valence-corrected chi connectivity index (χ3v) is 4.00. The van der Waals surface area contributed by atoms with Crippen LogP contribution >= 0.6 is 0 Å².